The molecule has 34 heavy (non-hydrogen) atoms. The smallest absolute Gasteiger partial charge is 0.378 e. The zero-order chi connectivity index (χ0) is 23.6. The molecule has 3 aromatic rings. The van der Waals surface area contributed by atoms with Crippen LogP contribution in [-0.4, -0.2) is 48.5 Å². The van der Waals surface area contributed by atoms with E-state index in [1.165, 1.54) is 0 Å². The molecule has 1 aliphatic rings. The molecule has 1 aromatic heterocycles. The van der Waals surface area contributed by atoms with Crippen LogP contribution in [0.3, 0.4) is 0 Å². The number of carbonyl (C=O) groups excluding carboxylic acids is 3. The van der Waals surface area contributed by atoms with E-state index in [2.05, 4.69) is 27.4 Å². The molecule has 0 bridgehead atoms. The molecule has 10 heteroatoms. The summed E-state index contributed by atoms with van der Waals surface area (Å²) in [6.45, 7) is 9.07. The molecule has 0 aliphatic carbocycles. The van der Waals surface area contributed by atoms with Gasteiger partial charge in [-0.3, -0.25) is 4.98 Å². The van der Waals surface area contributed by atoms with Gasteiger partial charge in [0.05, 0.1) is 19.0 Å². The van der Waals surface area contributed by atoms with Crippen LogP contribution >= 0.6 is 0 Å². The van der Waals surface area contributed by atoms with Crippen LogP contribution < -0.4 is 45.1 Å². The number of amides is 2. The second kappa shape index (κ2) is 13.5. The molecular weight excluding hydrogens is 445 g/mol. The van der Waals surface area contributed by atoms with Gasteiger partial charge in [0.15, 0.2) is 5.82 Å². The van der Waals surface area contributed by atoms with Crippen molar-refractivity contribution < 1.29 is 48.7 Å². The molecule has 1 saturated heterocycles. The summed E-state index contributed by atoms with van der Waals surface area (Å²) < 4.78 is 5.45. The molecule has 0 unspecified atom stereocenters. The van der Waals surface area contributed by atoms with E-state index in [1.807, 2.05) is 61.5 Å². The maximum Gasteiger partial charge on any atom is 1.00 e. The fourth-order valence-corrected chi connectivity index (χ4v) is 3.28. The van der Waals surface area contributed by atoms with E-state index in [-0.39, 0.29) is 41.7 Å². The standard InChI is InChI=1S/C23H24N5O2.CO2.Na/c1-16-17(2)24-21(27-22(16)28-12-14-30-15-13-28)18-8-10-20(11-9-18)26-23(29)25-19-6-4-3-5-7-19;2-1-3;/h3-11H,2,12-15H2,1H3,(H2,25,26,29);;/q-1;;+1. The topological polar surface area (TPSA) is 114 Å². The van der Waals surface area contributed by atoms with Gasteiger partial charge < -0.3 is 20.3 Å². The minimum Gasteiger partial charge on any atom is -0.378 e. The number of urea groups is 1. The molecule has 1 fully saturated rings. The average molecular weight is 469 g/mol. The van der Waals surface area contributed by atoms with Gasteiger partial charge in [-0.2, -0.15) is 9.59 Å². The van der Waals surface area contributed by atoms with Crippen LogP contribution in [0.1, 0.15) is 11.3 Å². The summed E-state index contributed by atoms with van der Waals surface area (Å²) in [6, 6.07) is 16.5. The largest absolute Gasteiger partial charge is 1.00 e. The molecule has 4 rings (SSSR count). The van der Waals surface area contributed by atoms with Gasteiger partial charge in [-0.05, 0) is 36.4 Å². The van der Waals surface area contributed by atoms with Crippen LogP contribution in [0.15, 0.2) is 54.6 Å². The minimum absolute atomic E-state index is 0. The van der Waals surface area contributed by atoms with Gasteiger partial charge in [0.1, 0.15) is 0 Å². The molecule has 2 amide bonds. The van der Waals surface area contributed by atoms with E-state index in [0.717, 1.165) is 35.7 Å². The van der Waals surface area contributed by atoms with Crippen molar-refractivity contribution in [3.05, 3.63) is 72.8 Å². The molecule has 2 aromatic carbocycles. The normalized spacial score (nSPS) is 12.3. The van der Waals surface area contributed by atoms with Crippen LogP contribution in [0.2, 0.25) is 0 Å². The van der Waals surface area contributed by atoms with Crippen molar-refractivity contribution in [2.45, 2.75) is 6.92 Å². The number of nitrogens with one attached hydrogen (secondary N) is 2. The van der Waals surface area contributed by atoms with Gasteiger partial charge in [-0.1, -0.05) is 23.9 Å². The summed E-state index contributed by atoms with van der Waals surface area (Å²) in [7, 11) is 0. The number of morpholine rings is 1. The number of para-hydroxylation sites is 1. The summed E-state index contributed by atoms with van der Waals surface area (Å²) in [6.07, 6.45) is 0.250. The van der Waals surface area contributed by atoms with Gasteiger partial charge in [0.2, 0.25) is 0 Å². The van der Waals surface area contributed by atoms with E-state index in [9.17, 15) is 4.79 Å². The summed E-state index contributed by atoms with van der Waals surface area (Å²) in [5, 5.41) is 5.62. The Morgan fingerprint density at radius 2 is 1.53 bits per heavy atom. The number of carbonyl (C=O) groups is 1. The SMILES string of the molecule is O=C=O.[CH2-]c1nc(-c2ccc(NC(=O)Nc3ccccc3)cc2)nc(N2CCOCC2)c1C.[Na+]. The second-order valence-corrected chi connectivity index (χ2v) is 7.15. The first-order valence-corrected chi connectivity index (χ1v) is 10.3. The molecule has 0 atom stereocenters. The van der Waals surface area contributed by atoms with Crippen LogP contribution in [0.5, 0.6) is 0 Å². The second-order valence-electron chi connectivity index (χ2n) is 7.15. The maximum absolute atomic E-state index is 12.2. The van der Waals surface area contributed by atoms with Crippen LogP contribution in [-0.2, 0) is 14.3 Å². The summed E-state index contributed by atoms with van der Waals surface area (Å²) in [5.74, 6) is 1.52. The van der Waals surface area contributed by atoms with E-state index in [4.69, 9.17) is 19.3 Å². The number of ether oxygens (including phenoxy) is 1. The van der Waals surface area contributed by atoms with Crippen molar-refractivity contribution in [2.24, 2.45) is 0 Å². The Bertz CT molecular complexity index is 1110. The van der Waals surface area contributed by atoms with Crippen molar-refractivity contribution >= 4 is 29.4 Å². The Hall–Kier alpha value is -3.20. The number of rotatable bonds is 4. The monoisotopic (exact) mass is 469 g/mol. The predicted octanol–water partition coefficient (Wildman–Crippen LogP) is 0.535. The quantitative estimate of drug-likeness (QED) is 0.423. The van der Waals surface area contributed by atoms with Crippen molar-refractivity contribution in [1.29, 1.82) is 0 Å². The predicted molar refractivity (Wildman–Crippen MR) is 124 cm³/mol. The Balaban J connectivity index is 0.000000970. The van der Waals surface area contributed by atoms with Gasteiger partial charge in [-0.25, -0.2) is 16.7 Å². The fourth-order valence-electron chi connectivity index (χ4n) is 3.28. The van der Waals surface area contributed by atoms with Crippen molar-refractivity contribution in [3.8, 4) is 11.4 Å². The van der Waals surface area contributed by atoms with Gasteiger partial charge >= 0.3 is 41.7 Å². The molecule has 170 valence electrons. The van der Waals surface area contributed by atoms with Crippen LogP contribution in [0.4, 0.5) is 22.0 Å². The first-order valence-electron chi connectivity index (χ1n) is 10.3. The van der Waals surface area contributed by atoms with E-state index < -0.39 is 0 Å². The number of benzene rings is 2. The molecule has 1 aliphatic heterocycles. The van der Waals surface area contributed by atoms with Crippen LogP contribution in [0, 0.1) is 13.8 Å². The molecule has 0 radical (unpaired) electrons. The first kappa shape index (κ1) is 27.0. The average Bonchev–Trinajstić information content (AvgIpc) is 2.83. The first-order chi connectivity index (χ1) is 16.0. The zero-order valence-corrected chi connectivity index (χ0v) is 21.2. The Morgan fingerprint density at radius 1 is 0.971 bits per heavy atom. The Labute approximate surface area is 220 Å². The van der Waals surface area contributed by atoms with Gasteiger partial charge in [0.25, 0.3) is 0 Å². The fraction of sp³-hybridized carbons (Fsp3) is 0.208. The van der Waals surface area contributed by atoms with Gasteiger partial charge in [-0.15, -0.1) is 12.5 Å². The number of hydrogen-bond donors (Lipinski definition) is 2. The number of aromatic nitrogens is 2. The minimum atomic E-state index is -0.296. The third-order valence-electron chi connectivity index (χ3n) is 4.96. The summed E-state index contributed by atoms with van der Waals surface area (Å²) in [5.41, 5.74) is 3.98. The maximum atomic E-state index is 12.2. The Morgan fingerprint density at radius 3 is 2.12 bits per heavy atom. The van der Waals surface area contributed by atoms with Gasteiger partial charge in [0, 0.05) is 30.0 Å². The third-order valence-corrected chi connectivity index (χ3v) is 4.96. The molecule has 2 N–H and O–H groups in total. The number of nitrogens with zero attached hydrogens (tertiary/aromatic N) is 3. The van der Waals surface area contributed by atoms with E-state index in [1.54, 1.807) is 0 Å². The molecule has 2 heterocycles. The molecular formula is C24H24N5NaO4. The summed E-state index contributed by atoms with van der Waals surface area (Å²) >= 11 is 0. The summed E-state index contributed by atoms with van der Waals surface area (Å²) in [4.78, 5) is 40.0. The van der Waals surface area contributed by atoms with Crippen molar-refractivity contribution in [3.63, 3.8) is 0 Å². The molecule has 0 saturated carbocycles. The van der Waals surface area contributed by atoms with Crippen molar-refractivity contribution in [1.82, 2.24) is 9.97 Å². The third kappa shape index (κ3) is 7.41. The number of hydrogen-bond acceptors (Lipinski definition) is 7. The zero-order valence-electron chi connectivity index (χ0n) is 19.2. The molecule has 0 spiro atoms. The van der Waals surface area contributed by atoms with Crippen molar-refractivity contribution in [2.75, 3.05) is 41.8 Å². The van der Waals surface area contributed by atoms with E-state index in [0.29, 0.717) is 30.4 Å². The van der Waals surface area contributed by atoms with Crippen LogP contribution in [0.25, 0.3) is 11.4 Å². The Kier molecular flexibility index (Phi) is 10.7. The number of anilines is 3. The van der Waals surface area contributed by atoms with E-state index >= 15 is 0 Å². The molecule has 9 nitrogen and oxygen atoms in total.